The van der Waals surface area contributed by atoms with Crippen molar-refractivity contribution in [1.82, 2.24) is 0 Å². The highest BCUT2D eigenvalue weighted by molar-refractivity contribution is 7.92. The largest absolute Gasteiger partial charge is 0.322 e. The maximum absolute atomic E-state index is 13.0. The second kappa shape index (κ2) is 8.87. The lowest BCUT2D eigenvalue weighted by Gasteiger charge is -2.20. The van der Waals surface area contributed by atoms with Gasteiger partial charge in [0.05, 0.1) is 16.3 Å². The Hall–Kier alpha value is -3.98. The van der Waals surface area contributed by atoms with Crippen molar-refractivity contribution in [3.8, 4) is 0 Å². The third-order valence-corrected chi connectivity index (χ3v) is 7.09. The number of benzene rings is 3. The van der Waals surface area contributed by atoms with Gasteiger partial charge in [-0.15, -0.1) is 0 Å². The van der Waals surface area contributed by atoms with Crippen molar-refractivity contribution < 1.29 is 22.8 Å². The highest BCUT2D eigenvalue weighted by Crippen LogP contribution is 2.25. The van der Waals surface area contributed by atoms with Crippen LogP contribution in [0.15, 0.2) is 83.8 Å². The third-order valence-electron chi connectivity index (χ3n) is 5.31. The summed E-state index contributed by atoms with van der Waals surface area (Å²) in [7, 11) is -2.36. The molecule has 3 aromatic rings. The number of carbonyl (C=O) groups excluding carboxylic acids is 3. The number of carbonyl (C=O) groups is 3. The second-order valence-corrected chi connectivity index (χ2v) is 9.43. The van der Waals surface area contributed by atoms with E-state index in [1.165, 1.54) is 47.8 Å². The van der Waals surface area contributed by atoms with Gasteiger partial charge in [-0.3, -0.25) is 23.6 Å². The van der Waals surface area contributed by atoms with Crippen molar-refractivity contribution in [3.05, 3.63) is 84.4 Å². The van der Waals surface area contributed by atoms with Crippen molar-refractivity contribution in [2.24, 2.45) is 0 Å². The number of anilines is 3. The summed E-state index contributed by atoms with van der Waals surface area (Å²) < 4.78 is 27.2. The van der Waals surface area contributed by atoms with Gasteiger partial charge in [-0.25, -0.2) is 8.42 Å². The molecule has 3 aromatic carbocycles. The van der Waals surface area contributed by atoms with Crippen molar-refractivity contribution in [1.29, 1.82) is 0 Å². The molecular weight excluding hydrogens is 442 g/mol. The number of imide groups is 1. The SMILES string of the molecule is CN(c1ccccc1)S(=O)(=O)c1cccc(NC(=O)c2ccc(N3C(=O)CCC3=O)cc2)c1. The van der Waals surface area contributed by atoms with Crippen molar-refractivity contribution >= 4 is 44.8 Å². The lowest BCUT2D eigenvalue weighted by Crippen LogP contribution is -2.28. The monoisotopic (exact) mass is 463 g/mol. The van der Waals surface area contributed by atoms with Crippen LogP contribution in [0.2, 0.25) is 0 Å². The second-order valence-electron chi connectivity index (χ2n) is 7.46. The van der Waals surface area contributed by atoms with Crippen LogP contribution in [-0.2, 0) is 19.6 Å². The molecule has 1 aliphatic heterocycles. The first-order chi connectivity index (χ1) is 15.8. The minimum atomic E-state index is -3.83. The van der Waals surface area contributed by atoms with E-state index < -0.39 is 15.9 Å². The molecule has 0 spiro atoms. The summed E-state index contributed by atoms with van der Waals surface area (Å²) in [5, 5.41) is 2.69. The van der Waals surface area contributed by atoms with Crippen LogP contribution < -0.4 is 14.5 Å². The molecule has 8 nitrogen and oxygen atoms in total. The lowest BCUT2D eigenvalue weighted by atomic mass is 10.1. The molecule has 4 rings (SSSR count). The number of amides is 3. The molecule has 0 unspecified atom stereocenters. The number of hydrogen-bond donors (Lipinski definition) is 1. The van der Waals surface area contributed by atoms with E-state index in [4.69, 9.17) is 0 Å². The van der Waals surface area contributed by atoms with E-state index >= 15 is 0 Å². The fraction of sp³-hybridized carbons (Fsp3) is 0.125. The Labute approximate surface area is 191 Å². The van der Waals surface area contributed by atoms with Gasteiger partial charge >= 0.3 is 0 Å². The van der Waals surface area contributed by atoms with Gasteiger partial charge in [-0.1, -0.05) is 24.3 Å². The molecule has 168 valence electrons. The number of hydrogen-bond acceptors (Lipinski definition) is 5. The average Bonchev–Trinajstić information content (AvgIpc) is 3.17. The fourth-order valence-electron chi connectivity index (χ4n) is 3.50. The van der Waals surface area contributed by atoms with Crippen LogP contribution in [-0.4, -0.2) is 33.2 Å². The summed E-state index contributed by atoms with van der Waals surface area (Å²) in [6.07, 6.45) is 0.361. The number of para-hydroxylation sites is 1. The Balaban J connectivity index is 1.51. The molecule has 33 heavy (non-hydrogen) atoms. The standard InChI is InChI=1S/C24H21N3O5S/c1-26(19-7-3-2-4-8-19)33(31,32)21-9-5-6-18(16-21)25-24(30)17-10-12-20(13-11-17)27-22(28)14-15-23(27)29/h2-13,16H,14-15H2,1H3,(H,25,30). The Bertz CT molecular complexity index is 1310. The first-order valence-corrected chi connectivity index (χ1v) is 11.6. The number of nitrogens with zero attached hydrogens (tertiary/aromatic N) is 2. The summed E-state index contributed by atoms with van der Waals surface area (Å²) in [6.45, 7) is 0. The van der Waals surface area contributed by atoms with E-state index in [-0.39, 0.29) is 29.6 Å². The maximum atomic E-state index is 13.0. The Morgan fingerprint density at radius 1 is 0.879 bits per heavy atom. The van der Waals surface area contributed by atoms with Crippen LogP contribution in [0.1, 0.15) is 23.2 Å². The predicted octanol–water partition coefficient (Wildman–Crippen LogP) is 3.42. The first kappa shape index (κ1) is 22.2. The molecule has 0 saturated carbocycles. The average molecular weight is 464 g/mol. The molecular formula is C24H21N3O5S. The molecule has 0 aliphatic carbocycles. The van der Waals surface area contributed by atoms with E-state index in [1.54, 1.807) is 42.5 Å². The van der Waals surface area contributed by atoms with Gasteiger partial charge in [0.15, 0.2) is 0 Å². The third kappa shape index (κ3) is 4.49. The molecule has 1 N–H and O–H groups in total. The zero-order chi connectivity index (χ0) is 23.6. The first-order valence-electron chi connectivity index (χ1n) is 10.2. The highest BCUT2D eigenvalue weighted by atomic mass is 32.2. The summed E-state index contributed by atoms with van der Waals surface area (Å²) in [5.74, 6) is -0.988. The van der Waals surface area contributed by atoms with Gasteiger partial charge in [0, 0.05) is 31.1 Å². The summed E-state index contributed by atoms with van der Waals surface area (Å²) in [4.78, 5) is 37.6. The molecule has 1 aliphatic rings. The zero-order valence-electron chi connectivity index (χ0n) is 17.8. The van der Waals surface area contributed by atoms with Crippen LogP contribution in [0.25, 0.3) is 0 Å². The van der Waals surface area contributed by atoms with Crippen molar-refractivity contribution in [2.45, 2.75) is 17.7 Å². The van der Waals surface area contributed by atoms with Gasteiger partial charge in [-0.05, 0) is 54.6 Å². The minimum absolute atomic E-state index is 0.0352. The van der Waals surface area contributed by atoms with Gasteiger partial charge in [-0.2, -0.15) is 0 Å². The number of nitrogens with one attached hydrogen (secondary N) is 1. The van der Waals surface area contributed by atoms with Gasteiger partial charge in [0.2, 0.25) is 11.8 Å². The number of rotatable bonds is 6. The van der Waals surface area contributed by atoms with Gasteiger partial charge in [0.25, 0.3) is 15.9 Å². The molecule has 0 atom stereocenters. The van der Waals surface area contributed by atoms with Crippen LogP contribution in [0, 0.1) is 0 Å². The number of sulfonamides is 1. The van der Waals surface area contributed by atoms with E-state index in [1.807, 2.05) is 0 Å². The van der Waals surface area contributed by atoms with Crippen LogP contribution >= 0.6 is 0 Å². The zero-order valence-corrected chi connectivity index (χ0v) is 18.6. The molecule has 1 heterocycles. The smallest absolute Gasteiger partial charge is 0.264 e. The summed E-state index contributed by atoms with van der Waals surface area (Å²) >= 11 is 0. The van der Waals surface area contributed by atoms with Crippen molar-refractivity contribution in [3.63, 3.8) is 0 Å². The highest BCUT2D eigenvalue weighted by Gasteiger charge is 2.30. The topological polar surface area (TPSA) is 104 Å². The molecule has 1 fully saturated rings. The molecule has 3 amide bonds. The minimum Gasteiger partial charge on any atom is -0.322 e. The fourth-order valence-corrected chi connectivity index (χ4v) is 4.74. The molecule has 1 saturated heterocycles. The summed E-state index contributed by atoms with van der Waals surface area (Å²) in [6, 6.07) is 20.8. The van der Waals surface area contributed by atoms with Gasteiger partial charge < -0.3 is 5.32 Å². The van der Waals surface area contributed by atoms with E-state index in [9.17, 15) is 22.8 Å². The quantitative estimate of drug-likeness (QED) is 0.564. The maximum Gasteiger partial charge on any atom is 0.264 e. The van der Waals surface area contributed by atoms with Gasteiger partial charge in [0.1, 0.15) is 0 Å². The lowest BCUT2D eigenvalue weighted by molar-refractivity contribution is -0.121. The van der Waals surface area contributed by atoms with E-state index in [2.05, 4.69) is 5.32 Å². The molecule has 9 heteroatoms. The normalized spacial score (nSPS) is 13.8. The summed E-state index contributed by atoms with van der Waals surface area (Å²) in [5.41, 5.74) is 1.54. The Morgan fingerprint density at radius 3 is 2.15 bits per heavy atom. The molecule has 0 radical (unpaired) electrons. The van der Waals surface area contributed by atoms with Crippen molar-refractivity contribution in [2.75, 3.05) is 21.6 Å². The predicted molar refractivity (Wildman–Crippen MR) is 125 cm³/mol. The van der Waals surface area contributed by atoms with Crippen LogP contribution in [0.4, 0.5) is 17.1 Å². The molecule has 0 aromatic heterocycles. The van der Waals surface area contributed by atoms with E-state index in [0.717, 1.165) is 4.90 Å². The Kier molecular flexibility index (Phi) is 5.97. The van der Waals surface area contributed by atoms with Crippen LogP contribution in [0.3, 0.4) is 0 Å². The Morgan fingerprint density at radius 2 is 1.52 bits per heavy atom. The van der Waals surface area contributed by atoms with Crippen LogP contribution in [0.5, 0.6) is 0 Å². The molecule has 0 bridgehead atoms. The van der Waals surface area contributed by atoms with E-state index in [0.29, 0.717) is 22.6 Å².